The highest BCUT2D eigenvalue weighted by Gasteiger charge is 2.58. The Hall–Kier alpha value is -5.51. The molecule has 1 fully saturated rings. The molecule has 0 saturated carbocycles. The lowest BCUT2D eigenvalue weighted by atomic mass is 9.84. The lowest BCUT2D eigenvalue weighted by molar-refractivity contribution is -0.311. The van der Waals surface area contributed by atoms with Crippen molar-refractivity contribution in [1.82, 2.24) is 5.32 Å². The molecule has 3 heterocycles. The van der Waals surface area contributed by atoms with Crippen LogP contribution in [0, 0.1) is 11.8 Å². The fraction of sp³-hybridized carbons (Fsp3) is 0.372. The molecule has 3 aliphatic heterocycles. The number of aryl methyl sites for hydroxylation is 1. The van der Waals surface area contributed by atoms with Gasteiger partial charge in [0.05, 0.1) is 17.7 Å². The second-order valence-corrected chi connectivity index (χ2v) is 14.7. The van der Waals surface area contributed by atoms with Gasteiger partial charge >= 0.3 is 5.97 Å². The van der Waals surface area contributed by atoms with Crippen molar-refractivity contribution in [3.8, 4) is 17.2 Å². The van der Waals surface area contributed by atoms with Crippen LogP contribution in [-0.2, 0) is 20.7 Å². The van der Waals surface area contributed by atoms with Crippen LogP contribution in [0.4, 0.5) is 0 Å². The van der Waals surface area contributed by atoms with Crippen LogP contribution in [0.5, 0.6) is 17.2 Å². The van der Waals surface area contributed by atoms with E-state index in [1.54, 1.807) is 0 Å². The third-order valence-corrected chi connectivity index (χ3v) is 10.8. The minimum absolute atomic E-state index is 0.0281. The normalized spacial score (nSPS) is 25.4. The van der Waals surface area contributed by atoms with Crippen molar-refractivity contribution in [3.63, 3.8) is 0 Å². The monoisotopic (exact) mass is 783 g/mol. The molecule has 8 atom stereocenters. The van der Waals surface area contributed by atoms with E-state index in [0.29, 0.717) is 25.1 Å². The topological polar surface area (TPSA) is 234 Å². The number of carboxylic acid groups (broad SMARTS) is 1. The van der Waals surface area contributed by atoms with Gasteiger partial charge in [-0.05, 0) is 84.2 Å². The molecule has 57 heavy (non-hydrogen) atoms. The average molecular weight is 784 g/mol. The molecule has 0 aliphatic carbocycles. The van der Waals surface area contributed by atoms with Crippen molar-refractivity contribution in [2.45, 2.75) is 69.4 Å². The number of carbonyl (C=O) groups excluding carboxylic acids is 1. The molecule has 3 aromatic carbocycles. The van der Waals surface area contributed by atoms with Crippen molar-refractivity contribution < 1.29 is 54.4 Å². The Morgan fingerprint density at radius 2 is 1.86 bits per heavy atom. The van der Waals surface area contributed by atoms with E-state index < -0.39 is 48.2 Å². The number of allylic oxidation sites excluding steroid dienone is 2. The van der Waals surface area contributed by atoms with Gasteiger partial charge in [0.2, 0.25) is 12.4 Å². The molecule has 6 rings (SSSR count). The van der Waals surface area contributed by atoms with E-state index in [9.17, 15) is 40.2 Å². The molecule has 14 heteroatoms. The number of primary amides is 1. The molecule has 1 unspecified atom stereocenters. The Morgan fingerprint density at radius 1 is 1.11 bits per heavy atom. The number of hydrogen-bond donors (Lipinski definition) is 8. The first-order valence-electron chi connectivity index (χ1n) is 18.9. The number of carbonyl (C=O) groups is 2. The van der Waals surface area contributed by atoms with E-state index in [1.165, 1.54) is 48.0 Å². The number of aliphatic imine (C=N–C) groups is 1. The summed E-state index contributed by atoms with van der Waals surface area (Å²) in [5, 5.41) is 68.2. The van der Waals surface area contributed by atoms with Gasteiger partial charge in [0.25, 0.3) is 5.91 Å². The van der Waals surface area contributed by atoms with Gasteiger partial charge in [-0.2, -0.15) is 0 Å². The molecule has 14 nitrogen and oxygen atoms in total. The second-order valence-electron chi connectivity index (χ2n) is 14.7. The minimum atomic E-state index is -2.38. The Morgan fingerprint density at radius 3 is 2.54 bits per heavy atom. The van der Waals surface area contributed by atoms with Gasteiger partial charge in [-0.3, -0.25) is 9.79 Å². The maximum Gasteiger partial charge on any atom is 0.335 e. The molecule has 1 saturated heterocycles. The lowest BCUT2D eigenvalue weighted by Crippen LogP contribution is -2.71. The second kappa shape index (κ2) is 17.7. The number of aliphatic hydroxyl groups is 4. The van der Waals surface area contributed by atoms with Crippen molar-refractivity contribution in [2.24, 2.45) is 22.6 Å². The number of phenolic OH excluding ortho intramolecular Hbond substituents is 1. The Kier molecular flexibility index (Phi) is 12.8. The van der Waals surface area contributed by atoms with Crippen LogP contribution in [-0.4, -0.2) is 105 Å². The Bertz CT molecular complexity index is 2060. The molecular formula is C43H49N3O11. The summed E-state index contributed by atoms with van der Waals surface area (Å²) in [4.78, 5) is 28.9. The van der Waals surface area contributed by atoms with E-state index >= 15 is 0 Å². The Labute approximate surface area is 330 Å². The predicted molar refractivity (Wildman–Crippen MR) is 213 cm³/mol. The zero-order valence-corrected chi connectivity index (χ0v) is 31.7. The molecule has 302 valence electrons. The number of aliphatic hydroxyl groups excluding tert-OH is 3. The summed E-state index contributed by atoms with van der Waals surface area (Å²) < 4.78 is 17.6. The molecule has 3 aliphatic rings. The van der Waals surface area contributed by atoms with Gasteiger partial charge in [-0.15, -0.1) is 0 Å². The summed E-state index contributed by atoms with van der Waals surface area (Å²) in [7, 11) is 0. The van der Waals surface area contributed by atoms with Gasteiger partial charge in [0.1, 0.15) is 35.2 Å². The third-order valence-electron chi connectivity index (χ3n) is 10.8. The minimum Gasteiger partial charge on any atom is -0.508 e. The number of rotatable bonds is 16. The fourth-order valence-electron chi connectivity index (χ4n) is 7.42. The van der Waals surface area contributed by atoms with Gasteiger partial charge in [0.15, 0.2) is 11.7 Å². The number of benzene rings is 3. The summed E-state index contributed by atoms with van der Waals surface area (Å²) >= 11 is 0. The van der Waals surface area contributed by atoms with Crippen LogP contribution in [0.25, 0.3) is 17.4 Å². The number of phenols is 1. The highest BCUT2D eigenvalue weighted by Crippen LogP contribution is 2.42. The van der Waals surface area contributed by atoms with Crippen molar-refractivity contribution in [1.29, 1.82) is 0 Å². The molecule has 9 N–H and O–H groups in total. The largest absolute Gasteiger partial charge is 0.508 e. The quantitative estimate of drug-likeness (QED) is 0.104. The SMILES string of the molecule is CCc1ccccc1/C=C/C[C@H](C)[C@H](CNC[C@]1(O)[C@H](Oc2ccc3c(c2)OC(C(N)=O)C(c2ccc(O)cc2)=C3O)O[C@H](C(=O)O)[C@@H](O)[C@@H]1O)CC1=CCN=C1. The molecule has 1 amide bonds. The average Bonchev–Trinajstić information content (AvgIpc) is 3.71. The van der Waals surface area contributed by atoms with Gasteiger partial charge < -0.3 is 55.9 Å². The zero-order valence-electron chi connectivity index (χ0n) is 31.7. The van der Waals surface area contributed by atoms with Gasteiger partial charge in [-0.1, -0.05) is 68.5 Å². The van der Waals surface area contributed by atoms with E-state index in [0.717, 1.165) is 24.0 Å². The van der Waals surface area contributed by atoms with Crippen LogP contribution in [0.2, 0.25) is 0 Å². The first-order chi connectivity index (χ1) is 27.3. The highest BCUT2D eigenvalue weighted by molar-refractivity contribution is 6.03. The molecule has 0 aromatic heterocycles. The van der Waals surface area contributed by atoms with Crippen molar-refractivity contribution in [2.75, 3.05) is 19.6 Å². The van der Waals surface area contributed by atoms with Crippen LogP contribution in [0.3, 0.4) is 0 Å². The number of nitrogens with two attached hydrogens (primary N) is 1. The smallest absolute Gasteiger partial charge is 0.335 e. The van der Waals surface area contributed by atoms with Crippen LogP contribution in [0.15, 0.2) is 89.4 Å². The first kappa shape index (κ1) is 41.1. The standard InChI is InChI=1S/C43H49N3O11/c1-3-26-8-4-5-9-27(26)10-6-7-24(2)29(19-25-17-18-45-21-25)22-46-23-43(54)39(50)36(49)38(41(52)53)57-42(43)55-31-15-16-32-33(20-31)56-37(40(44)51)34(35(32)48)28-11-13-30(47)14-12-28/h4-6,8-17,20-21,24,29,36-39,42,46-50,54H,3,7,18-19,22-23H2,1-2H3,(H2,44,51)(H,52,53)/b10-6+/t24-,29-,36+,37?,38-,39-,42+,43+/m0/s1. The summed E-state index contributed by atoms with van der Waals surface area (Å²) in [5.41, 5.74) is 7.39. The highest BCUT2D eigenvalue weighted by atomic mass is 16.7. The number of aliphatic carboxylic acids is 1. The fourth-order valence-corrected chi connectivity index (χ4v) is 7.42. The Balaban J connectivity index is 1.22. The van der Waals surface area contributed by atoms with E-state index in [2.05, 4.69) is 54.5 Å². The molecule has 0 bridgehead atoms. The number of carboxylic acids is 1. The summed E-state index contributed by atoms with van der Waals surface area (Å²) in [6, 6.07) is 18.1. The first-order valence-corrected chi connectivity index (χ1v) is 18.9. The zero-order chi connectivity index (χ0) is 40.9. The van der Waals surface area contributed by atoms with E-state index in [4.69, 9.17) is 19.9 Å². The number of nitrogens with one attached hydrogen (secondary N) is 1. The van der Waals surface area contributed by atoms with E-state index in [1.807, 2.05) is 18.3 Å². The van der Waals surface area contributed by atoms with Crippen LogP contribution < -0.4 is 20.5 Å². The third kappa shape index (κ3) is 9.06. The number of nitrogens with zero attached hydrogens (tertiary/aromatic N) is 1. The number of ether oxygens (including phenoxy) is 3. The van der Waals surface area contributed by atoms with Crippen molar-refractivity contribution >= 4 is 35.5 Å². The predicted octanol–water partition coefficient (Wildman–Crippen LogP) is 3.61. The number of fused-ring (bicyclic) bond motifs is 1. The summed E-state index contributed by atoms with van der Waals surface area (Å²) in [6.07, 6.45) is 1.28. The number of aromatic hydroxyl groups is 1. The molecule has 0 radical (unpaired) electrons. The summed E-state index contributed by atoms with van der Waals surface area (Å²) in [6.45, 7) is 4.85. The molecular weight excluding hydrogens is 734 g/mol. The van der Waals surface area contributed by atoms with Crippen molar-refractivity contribution in [3.05, 3.63) is 107 Å². The van der Waals surface area contributed by atoms with Crippen LogP contribution in [0.1, 0.15) is 48.9 Å². The van der Waals surface area contributed by atoms with Crippen LogP contribution >= 0.6 is 0 Å². The van der Waals surface area contributed by atoms with Gasteiger partial charge in [0, 0.05) is 18.8 Å². The molecule has 3 aromatic rings. The van der Waals surface area contributed by atoms with E-state index in [-0.39, 0.29) is 52.5 Å². The molecule has 0 spiro atoms. The summed E-state index contributed by atoms with van der Waals surface area (Å²) in [5.74, 6) is -2.73. The number of hydrogen-bond acceptors (Lipinski definition) is 12. The maximum absolute atomic E-state index is 12.5. The lowest BCUT2D eigenvalue weighted by Gasteiger charge is -2.47. The van der Waals surface area contributed by atoms with Gasteiger partial charge in [-0.25, -0.2) is 4.79 Å². The number of amides is 1. The maximum atomic E-state index is 12.5.